The fraction of sp³-hybridized carbons (Fsp3) is 0.650. The predicted molar refractivity (Wildman–Crippen MR) is 107 cm³/mol. The lowest BCUT2D eigenvalue weighted by Crippen LogP contribution is -2.40. The molecule has 1 aromatic carbocycles. The minimum atomic E-state index is -0.200. The number of likely N-dealkylation sites (tertiary alicyclic amines) is 1. The van der Waals surface area contributed by atoms with Gasteiger partial charge in [0, 0.05) is 19.7 Å². The van der Waals surface area contributed by atoms with Crippen LogP contribution in [0.15, 0.2) is 6.07 Å². The Hall–Kier alpha value is -1.70. The van der Waals surface area contributed by atoms with E-state index in [1.165, 1.54) is 6.42 Å². The Balaban J connectivity index is 1.30. The van der Waals surface area contributed by atoms with Gasteiger partial charge in [-0.2, -0.15) is 0 Å². The molecule has 28 heavy (non-hydrogen) atoms. The molecule has 3 aliphatic heterocycles. The summed E-state index contributed by atoms with van der Waals surface area (Å²) in [5.41, 5.74) is 6.65. The quantitative estimate of drug-likeness (QED) is 0.725. The SMILES string of the molecule is Nc1c(Cl)cc(C(=O)NCC2CCN(C[C@H]3CCOC3)CC2)c2c1OCCO2. The Labute approximate surface area is 170 Å². The van der Waals surface area contributed by atoms with E-state index in [9.17, 15) is 4.79 Å². The van der Waals surface area contributed by atoms with Crippen LogP contribution in [0, 0.1) is 11.8 Å². The van der Waals surface area contributed by atoms with E-state index in [1.54, 1.807) is 6.07 Å². The topological polar surface area (TPSA) is 86.1 Å². The zero-order chi connectivity index (χ0) is 19.5. The maximum absolute atomic E-state index is 12.7. The van der Waals surface area contributed by atoms with Crippen molar-refractivity contribution in [1.82, 2.24) is 10.2 Å². The number of fused-ring (bicyclic) bond motifs is 1. The number of nitrogens with one attached hydrogen (secondary N) is 1. The highest BCUT2D eigenvalue weighted by Crippen LogP contribution is 2.43. The number of amides is 1. The Kier molecular flexibility index (Phi) is 6.13. The van der Waals surface area contributed by atoms with Crippen molar-refractivity contribution in [1.29, 1.82) is 0 Å². The van der Waals surface area contributed by atoms with Crippen LogP contribution in [0.25, 0.3) is 0 Å². The highest BCUT2D eigenvalue weighted by atomic mass is 35.5. The molecule has 1 amide bonds. The average Bonchev–Trinajstić information content (AvgIpc) is 3.23. The number of rotatable bonds is 5. The van der Waals surface area contributed by atoms with Crippen molar-refractivity contribution < 1.29 is 19.0 Å². The second-order valence-corrected chi connectivity index (χ2v) is 8.27. The third kappa shape index (κ3) is 4.31. The van der Waals surface area contributed by atoms with Gasteiger partial charge in [-0.1, -0.05) is 11.6 Å². The molecule has 8 heteroatoms. The summed E-state index contributed by atoms with van der Waals surface area (Å²) in [6.07, 6.45) is 3.36. The number of halogens is 1. The molecule has 0 spiro atoms. The maximum atomic E-state index is 12.7. The van der Waals surface area contributed by atoms with Gasteiger partial charge in [0.1, 0.15) is 13.2 Å². The first-order chi connectivity index (χ1) is 13.6. The van der Waals surface area contributed by atoms with Gasteiger partial charge in [-0.3, -0.25) is 4.79 Å². The van der Waals surface area contributed by atoms with Crippen molar-refractivity contribution in [3.05, 3.63) is 16.7 Å². The zero-order valence-electron chi connectivity index (χ0n) is 16.0. The van der Waals surface area contributed by atoms with Gasteiger partial charge in [-0.25, -0.2) is 0 Å². The van der Waals surface area contributed by atoms with E-state index in [4.69, 9.17) is 31.5 Å². The molecular weight excluding hydrogens is 382 g/mol. The molecule has 3 aliphatic rings. The van der Waals surface area contributed by atoms with Crippen LogP contribution in [0.1, 0.15) is 29.6 Å². The fourth-order valence-electron chi connectivity index (χ4n) is 4.16. The number of carbonyl (C=O) groups is 1. The first-order valence-electron chi connectivity index (χ1n) is 10.1. The van der Waals surface area contributed by atoms with Crippen molar-refractivity contribution in [3.63, 3.8) is 0 Å². The smallest absolute Gasteiger partial charge is 0.255 e. The van der Waals surface area contributed by atoms with Crippen molar-refractivity contribution in [2.45, 2.75) is 19.3 Å². The van der Waals surface area contributed by atoms with E-state index in [-0.39, 0.29) is 5.91 Å². The largest absolute Gasteiger partial charge is 0.485 e. The highest BCUT2D eigenvalue weighted by molar-refractivity contribution is 6.34. The van der Waals surface area contributed by atoms with Crippen LogP contribution < -0.4 is 20.5 Å². The van der Waals surface area contributed by atoms with Crippen LogP contribution >= 0.6 is 11.6 Å². The van der Waals surface area contributed by atoms with Crippen molar-refractivity contribution in [3.8, 4) is 11.5 Å². The summed E-state index contributed by atoms with van der Waals surface area (Å²) < 4.78 is 16.7. The molecule has 4 rings (SSSR count). The van der Waals surface area contributed by atoms with Gasteiger partial charge in [0.15, 0.2) is 11.5 Å². The molecule has 0 bridgehead atoms. The van der Waals surface area contributed by atoms with Gasteiger partial charge in [0.2, 0.25) is 0 Å². The molecule has 1 aromatic rings. The third-order valence-corrected chi connectivity index (χ3v) is 6.16. The summed E-state index contributed by atoms with van der Waals surface area (Å²) in [5, 5.41) is 3.35. The van der Waals surface area contributed by atoms with Gasteiger partial charge in [0.05, 0.1) is 22.9 Å². The fourth-order valence-corrected chi connectivity index (χ4v) is 4.36. The van der Waals surface area contributed by atoms with Crippen LogP contribution in [-0.4, -0.2) is 63.4 Å². The number of piperidine rings is 1. The molecule has 0 aliphatic carbocycles. The van der Waals surface area contributed by atoms with Gasteiger partial charge in [0.25, 0.3) is 5.91 Å². The van der Waals surface area contributed by atoms with Gasteiger partial charge in [-0.15, -0.1) is 0 Å². The van der Waals surface area contributed by atoms with E-state index in [1.807, 2.05) is 0 Å². The second kappa shape index (κ2) is 8.76. The van der Waals surface area contributed by atoms with E-state index < -0.39 is 0 Å². The standard InChI is InChI=1S/C20H28ClN3O4/c21-16-9-15(18-19(17(16)22)28-8-7-27-18)20(25)23-10-13-1-4-24(5-2-13)11-14-3-6-26-12-14/h9,13-14H,1-8,10-12,22H2,(H,23,25)/t14-/m1/s1. The molecule has 1 atom stereocenters. The number of nitrogens with two attached hydrogens (primary N) is 1. The van der Waals surface area contributed by atoms with Crippen LogP contribution in [0.4, 0.5) is 5.69 Å². The van der Waals surface area contributed by atoms with Crippen LogP contribution in [0.2, 0.25) is 5.02 Å². The molecule has 0 unspecified atom stereocenters. The number of hydrogen-bond acceptors (Lipinski definition) is 6. The Bertz CT molecular complexity index is 716. The van der Waals surface area contributed by atoms with Gasteiger partial charge >= 0.3 is 0 Å². The number of nitrogen functional groups attached to an aromatic ring is 1. The average molecular weight is 410 g/mol. The lowest BCUT2D eigenvalue weighted by molar-refractivity contribution is 0.0921. The number of hydrogen-bond donors (Lipinski definition) is 2. The van der Waals surface area contributed by atoms with E-state index in [0.29, 0.717) is 59.4 Å². The van der Waals surface area contributed by atoms with Crippen molar-refractivity contribution >= 4 is 23.2 Å². The minimum Gasteiger partial charge on any atom is -0.485 e. The van der Waals surface area contributed by atoms with Gasteiger partial charge < -0.3 is 30.2 Å². The third-order valence-electron chi connectivity index (χ3n) is 5.84. The summed E-state index contributed by atoms with van der Waals surface area (Å²) in [7, 11) is 0. The monoisotopic (exact) mass is 409 g/mol. The van der Waals surface area contributed by atoms with E-state index >= 15 is 0 Å². The number of ether oxygens (including phenoxy) is 3. The van der Waals surface area contributed by atoms with Gasteiger partial charge in [-0.05, 0) is 50.3 Å². The summed E-state index contributed by atoms with van der Waals surface area (Å²) in [4.78, 5) is 15.3. The van der Waals surface area contributed by atoms with Crippen molar-refractivity contribution in [2.24, 2.45) is 11.8 Å². The Morgan fingerprint density at radius 1 is 1.14 bits per heavy atom. The molecule has 154 valence electrons. The molecule has 2 fully saturated rings. The molecule has 0 aromatic heterocycles. The molecule has 0 radical (unpaired) electrons. The minimum absolute atomic E-state index is 0.200. The normalized spacial score (nSPS) is 23.0. The molecular formula is C20H28ClN3O4. The number of carbonyl (C=O) groups excluding carboxylic acids is 1. The predicted octanol–water partition coefficient (Wildman–Crippen LogP) is 2.17. The van der Waals surface area contributed by atoms with Crippen LogP contribution in [0.5, 0.6) is 11.5 Å². The number of benzene rings is 1. The lowest BCUT2D eigenvalue weighted by Gasteiger charge is -2.33. The number of anilines is 1. The first-order valence-corrected chi connectivity index (χ1v) is 10.5. The molecule has 7 nitrogen and oxygen atoms in total. The second-order valence-electron chi connectivity index (χ2n) is 7.86. The Morgan fingerprint density at radius 3 is 2.61 bits per heavy atom. The van der Waals surface area contributed by atoms with E-state index in [2.05, 4.69) is 10.2 Å². The maximum Gasteiger partial charge on any atom is 0.255 e. The summed E-state index contributed by atoms with van der Waals surface area (Å²) in [5.74, 6) is 1.72. The molecule has 3 heterocycles. The highest BCUT2D eigenvalue weighted by Gasteiger charge is 2.27. The van der Waals surface area contributed by atoms with Crippen LogP contribution in [-0.2, 0) is 4.74 Å². The first kappa shape index (κ1) is 19.6. The number of nitrogens with zero attached hydrogens (tertiary/aromatic N) is 1. The zero-order valence-corrected chi connectivity index (χ0v) is 16.8. The van der Waals surface area contributed by atoms with Crippen LogP contribution in [0.3, 0.4) is 0 Å². The van der Waals surface area contributed by atoms with E-state index in [0.717, 1.165) is 45.7 Å². The Morgan fingerprint density at radius 2 is 1.89 bits per heavy atom. The molecule has 3 N–H and O–H groups in total. The molecule has 2 saturated heterocycles. The lowest BCUT2D eigenvalue weighted by atomic mass is 9.95. The summed E-state index contributed by atoms with van der Waals surface area (Å²) in [6.45, 7) is 6.53. The summed E-state index contributed by atoms with van der Waals surface area (Å²) >= 11 is 6.17. The van der Waals surface area contributed by atoms with Crippen molar-refractivity contribution in [2.75, 3.05) is 58.3 Å². The molecule has 0 saturated carbocycles. The summed E-state index contributed by atoms with van der Waals surface area (Å²) in [6, 6.07) is 1.56.